The van der Waals surface area contributed by atoms with Gasteiger partial charge in [0.15, 0.2) is 0 Å². The number of pyridine rings is 1. The van der Waals surface area contributed by atoms with Crippen molar-refractivity contribution in [3.05, 3.63) is 29.6 Å². The van der Waals surface area contributed by atoms with Crippen molar-refractivity contribution in [3.63, 3.8) is 0 Å². The highest BCUT2D eigenvalue weighted by Crippen LogP contribution is 2.27. The lowest BCUT2D eigenvalue weighted by Crippen LogP contribution is -2.34. The van der Waals surface area contributed by atoms with E-state index in [9.17, 15) is 9.59 Å². The number of carboxylic acids is 1. The maximum absolute atomic E-state index is 11.4. The molecule has 8 heteroatoms. The summed E-state index contributed by atoms with van der Waals surface area (Å²) in [6, 6.07) is 3.42. The molecular weight excluding hydrogens is 355 g/mol. The molecule has 1 saturated heterocycles. The zero-order valence-electron chi connectivity index (χ0n) is 13.6. The number of carbonyl (C=O) groups is 2. The Hall–Kier alpha value is -1.37. The van der Waals surface area contributed by atoms with Gasteiger partial charge < -0.3 is 14.7 Å². The number of esters is 1. The van der Waals surface area contributed by atoms with Gasteiger partial charge in [-0.25, -0.2) is 9.78 Å². The van der Waals surface area contributed by atoms with Crippen molar-refractivity contribution in [2.75, 3.05) is 26.2 Å². The summed E-state index contributed by atoms with van der Waals surface area (Å²) in [6.07, 6.45) is 4.10. The minimum atomic E-state index is -1.000. The van der Waals surface area contributed by atoms with Crippen LogP contribution in [-0.2, 0) is 9.53 Å². The Morgan fingerprint density at radius 1 is 1.29 bits per heavy atom. The van der Waals surface area contributed by atoms with Gasteiger partial charge in [-0.15, -0.1) is 24.8 Å². The highest BCUT2D eigenvalue weighted by molar-refractivity contribution is 5.86. The van der Waals surface area contributed by atoms with E-state index < -0.39 is 5.97 Å². The average Bonchev–Trinajstić information content (AvgIpc) is 2.54. The van der Waals surface area contributed by atoms with E-state index in [4.69, 9.17) is 9.84 Å². The summed E-state index contributed by atoms with van der Waals surface area (Å²) in [7, 11) is 0. The number of halogens is 2. The molecule has 0 radical (unpaired) electrons. The number of hydrogen-bond acceptors (Lipinski definition) is 5. The highest BCUT2D eigenvalue weighted by atomic mass is 35.5. The van der Waals surface area contributed by atoms with Crippen molar-refractivity contribution in [2.45, 2.75) is 32.1 Å². The molecule has 1 aromatic heterocycles. The molecule has 1 aliphatic heterocycles. The van der Waals surface area contributed by atoms with Gasteiger partial charge in [-0.1, -0.05) is 6.07 Å². The Morgan fingerprint density at radius 3 is 2.46 bits per heavy atom. The molecule has 2 rings (SSSR count). The fraction of sp³-hybridized carbons (Fsp3) is 0.562. The molecule has 6 nitrogen and oxygen atoms in total. The first-order valence-electron chi connectivity index (χ1n) is 7.67. The van der Waals surface area contributed by atoms with Crippen LogP contribution in [0, 0.1) is 0 Å². The van der Waals surface area contributed by atoms with Gasteiger partial charge in [0.05, 0.1) is 13.0 Å². The number of aromatic nitrogens is 1. The van der Waals surface area contributed by atoms with Crippen LogP contribution in [0.4, 0.5) is 0 Å². The lowest BCUT2D eigenvalue weighted by Gasteiger charge is -2.31. The van der Waals surface area contributed by atoms with Gasteiger partial charge in [0.25, 0.3) is 0 Å². The number of hydrogen-bond donors (Lipinski definition) is 1. The molecule has 1 aromatic rings. The molecule has 0 aliphatic carbocycles. The topological polar surface area (TPSA) is 79.7 Å². The van der Waals surface area contributed by atoms with Gasteiger partial charge in [-0.3, -0.25) is 4.79 Å². The lowest BCUT2D eigenvalue weighted by molar-refractivity contribution is -0.143. The van der Waals surface area contributed by atoms with Gasteiger partial charge in [0.2, 0.25) is 0 Å². The minimum Gasteiger partial charge on any atom is -0.477 e. The summed E-state index contributed by atoms with van der Waals surface area (Å²) in [5, 5.41) is 8.86. The van der Waals surface area contributed by atoms with E-state index in [0.29, 0.717) is 18.9 Å². The van der Waals surface area contributed by atoms with Crippen molar-refractivity contribution in [1.82, 2.24) is 9.88 Å². The summed E-state index contributed by atoms with van der Waals surface area (Å²) in [5.74, 6) is -0.729. The first kappa shape index (κ1) is 22.6. The second-order valence-electron chi connectivity index (χ2n) is 5.45. The first-order chi connectivity index (χ1) is 10.6. The largest absolute Gasteiger partial charge is 0.477 e. The second-order valence-corrected chi connectivity index (χ2v) is 5.45. The zero-order valence-corrected chi connectivity index (χ0v) is 15.3. The number of rotatable bonds is 6. The number of piperidine rings is 1. The number of ether oxygens (including phenoxy) is 1. The molecule has 1 aliphatic rings. The SMILES string of the molecule is CCOC(=O)CCN1CCC(c2ccc(C(=O)O)nc2)CC1.Cl.Cl. The van der Waals surface area contributed by atoms with E-state index >= 15 is 0 Å². The summed E-state index contributed by atoms with van der Waals surface area (Å²) in [5.41, 5.74) is 1.17. The minimum absolute atomic E-state index is 0. The summed E-state index contributed by atoms with van der Waals surface area (Å²) in [6.45, 7) is 4.85. The van der Waals surface area contributed by atoms with E-state index in [2.05, 4.69) is 9.88 Å². The molecular formula is C16H24Cl2N2O4. The van der Waals surface area contributed by atoms with Gasteiger partial charge in [0.1, 0.15) is 5.69 Å². The number of nitrogens with zero attached hydrogens (tertiary/aromatic N) is 2. The van der Waals surface area contributed by atoms with Crippen molar-refractivity contribution >= 4 is 36.8 Å². The molecule has 1 N–H and O–H groups in total. The van der Waals surface area contributed by atoms with Crippen LogP contribution in [0.25, 0.3) is 0 Å². The standard InChI is InChI=1S/C16H22N2O4.2ClH/c1-2-22-15(19)7-10-18-8-5-12(6-9-18)13-3-4-14(16(20)21)17-11-13;;/h3-4,11-12H,2,5-10H2,1H3,(H,20,21);2*1H. The molecule has 2 heterocycles. The maximum Gasteiger partial charge on any atom is 0.354 e. The number of carboxylic acid groups (broad SMARTS) is 1. The lowest BCUT2D eigenvalue weighted by atomic mass is 9.90. The third-order valence-electron chi connectivity index (χ3n) is 4.00. The van der Waals surface area contributed by atoms with Crippen LogP contribution in [0.1, 0.15) is 48.2 Å². The first-order valence-corrected chi connectivity index (χ1v) is 7.67. The van der Waals surface area contributed by atoms with E-state index in [0.717, 1.165) is 38.0 Å². The Kier molecular flexibility index (Phi) is 10.6. The van der Waals surface area contributed by atoms with Crippen LogP contribution in [-0.4, -0.2) is 53.2 Å². The smallest absolute Gasteiger partial charge is 0.354 e. The van der Waals surface area contributed by atoms with Crippen LogP contribution in [0.15, 0.2) is 18.3 Å². The zero-order chi connectivity index (χ0) is 15.9. The Bertz CT molecular complexity index is 517. The van der Waals surface area contributed by atoms with E-state index in [1.165, 1.54) is 0 Å². The molecule has 24 heavy (non-hydrogen) atoms. The molecule has 1 fully saturated rings. The Labute approximate surface area is 154 Å². The van der Waals surface area contributed by atoms with E-state index in [1.807, 2.05) is 13.0 Å². The second kappa shape index (κ2) is 11.2. The predicted octanol–water partition coefficient (Wildman–Crippen LogP) is 2.76. The molecule has 136 valence electrons. The molecule has 0 bridgehead atoms. The molecule has 0 atom stereocenters. The molecule has 0 aromatic carbocycles. The van der Waals surface area contributed by atoms with Crippen LogP contribution in [0.2, 0.25) is 0 Å². The van der Waals surface area contributed by atoms with Gasteiger partial charge in [-0.2, -0.15) is 0 Å². The third kappa shape index (κ3) is 6.63. The molecule has 0 amide bonds. The quantitative estimate of drug-likeness (QED) is 0.766. The normalized spacial score (nSPS) is 15.0. The predicted molar refractivity (Wildman–Crippen MR) is 95.4 cm³/mol. The summed E-state index contributed by atoms with van der Waals surface area (Å²) in [4.78, 5) is 28.4. The number of likely N-dealkylation sites (tertiary alicyclic amines) is 1. The monoisotopic (exact) mass is 378 g/mol. The number of aromatic carboxylic acids is 1. The van der Waals surface area contributed by atoms with E-state index in [-0.39, 0.29) is 36.5 Å². The molecule has 0 saturated carbocycles. The fourth-order valence-corrected chi connectivity index (χ4v) is 2.75. The van der Waals surface area contributed by atoms with Crippen LogP contribution >= 0.6 is 24.8 Å². The van der Waals surface area contributed by atoms with Crippen LogP contribution in [0.5, 0.6) is 0 Å². The summed E-state index contributed by atoms with van der Waals surface area (Å²) >= 11 is 0. The fourth-order valence-electron chi connectivity index (χ4n) is 2.75. The maximum atomic E-state index is 11.4. The Morgan fingerprint density at radius 2 is 1.96 bits per heavy atom. The van der Waals surface area contributed by atoms with Crippen LogP contribution < -0.4 is 0 Å². The number of carbonyl (C=O) groups excluding carboxylic acids is 1. The average molecular weight is 379 g/mol. The summed E-state index contributed by atoms with van der Waals surface area (Å²) < 4.78 is 4.93. The third-order valence-corrected chi connectivity index (χ3v) is 4.00. The van der Waals surface area contributed by atoms with Gasteiger partial charge >= 0.3 is 11.9 Å². The van der Waals surface area contributed by atoms with Gasteiger partial charge in [-0.05, 0) is 50.4 Å². The molecule has 0 unspecified atom stereocenters. The van der Waals surface area contributed by atoms with E-state index in [1.54, 1.807) is 12.3 Å². The van der Waals surface area contributed by atoms with Crippen molar-refractivity contribution < 1.29 is 19.4 Å². The Balaban J connectivity index is 0.00000264. The van der Waals surface area contributed by atoms with Gasteiger partial charge in [0, 0.05) is 12.7 Å². The molecule has 0 spiro atoms. The van der Waals surface area contributed by atoms with Crippen molar-refractivity contribution in [3.8, 4) is 0 Å². The van der Waals surface area contributed by atoms with Crippen LogP contribution in [0.3, 0.4) is 0 Å². The van der Waals surface area contributed by atoms with Crippen molar-refractivity contribution in [2.24, 2.45) is 0 Å². The van der Waals surface area contributed by atoms with Crippen molar-refractivity contribution in [1.29, 1.82) is 0 Å². The highest BCUT2D eigenvalue weighted by Gasteiger charge is 2.21.